The van der Waals surface area contributed by atoms with Crippen LogP contribution in [0.3, 0.4) is 0 Å². The van der Waals surface area contributed by atoms with Crippen LogP contribution in [-0.4, -0.2) is 27.3 Å². The lowest BCUT2D eigenvalue weighted by Gasteiger charge is -2.10. The number of rotatable bonds is 2. The molecule has 2 aliphatic rings. The van der Waals surface area contributed by atoms with Crippen molar-refractivity contribution in [2.24, 2.45) is 0 Å². The van der Waals surface area contributed by atoms with Crippen molar-refractivity contribution in [3.05, 3.63) is 34.5 Å². The minimum Gasteiger partial charge on any atom is -0.480 e. The SMILES string of the molecule is Cc1cc2c(cc1C)OC(C(=O)Nc1nc3n(c1C#N)CCS3)C2. The van der Waals surface area contributed by atoms with Crippen LogP contribution in [0.2, 0.25) is 0 Å². The Kier molecular flexibility index (Phi) is 3.50. The van der Waals surface area contributed by atoms with Gasteiger partial charge in [0.2, 0.25) is 0 Å². The Balaban J connectivity index is 1.54. The number of nitrogens with zero attached hydrogens (tertiary/aromatic N) is 3. The predicted molar refractivity (Wildman–Crippen MR) is 90.3 cm³/mol. The van der Waals surface area contributed by atoms with E-state index in [2.05, 4.69) is 22.4 Å². The Labute approximate surface area is 143 Å². The van der Waals surface area contributed by atoms with Gasteiger partial charge >= 0.3 is 0 Å². The molecule has 24 heavy (non-hydrogen) atoms. The zero-order valence-electron chi connectivity index (χ0n) is 13.4. The number of fused-ring (bicyclic) bond motifs is 2. The van der Waals surface area contributed by atoms with Gasteiger partial charge in [0.1, 0.15) is 11.8 Å². The molecule has 4 rings (SSSR count). The van der Waals surface area contributed by atoms with Gasteiger partial charge in [-0.05, 0) is 36.6 Å². The van der Waals surface area contributed by atoms with E-state index in [0.717, 1.165) is 34.3 Å². The van der Waals surface area contributed by atoms with Gasteiger partial charge in [-0.3, -0.25) is 4.79 Å². The van der Waals surface area contributed by atoms with Crippen molar-refractivity contribution in [2.45, 2.75) is 38.1 Å². The third-order valence-electron chi connectivity index (χ3n) is 4.47. The number of ether oxygens (including phenoxy) is 1. The summed E-state index contributed by atoms with van der Waals surface area (Å²) in [6, 6.07) is 6.18. The van der Waals surface area contributed by atoms with Gasteiger partial charge in [0.15, 0.2) is 22.8 Å². The Morgan fingerprint density at radius 2 is 2.25 bits per heavy atom. The maximum atomic E-state index is 12.5. The average Bonchev–Trinajstić information content (AvgIpc) is 3.21. The van der Waals surface area contributed by atoms with Gasteiger partial charge in [-0.2, -0.15) is 5.26 Å². The summed E-state index contributed by atoms with van der Waals surface area (Å²) in [5.41, 5.74) is 3.78. The summed E-state index contributed by atoms with van der Waals surface area (Å²) in [5.74, 6) is 1.74. The summed E-state index contributed by atoms with van der Waals surface area (Å²) < 4.78 is 7.64. The molecule has 1 aromatic carbocycles. The molecule has 3 heterocycles. The monoisotopic (exact) mass is 340 g/mol. The highest BCUT2D eigenvalue weighted by Gasteiger charge is 2.31. The molecule has 0 saturated heterocycles. The lowest BCUT2D eigenvalue weighted by Crippen LogP contribution is -2.31. The Hall–Kier alpha value is -2.46. The molecular weight excluding hydrogens is 324 g/mol. The number of anilines is 1. The van der Waals surface area contributed by atoms with E-state index in [1.54, 1.807) is 11.8 Å². The van der Waals surface area contributed by atoms with Crippen molar-refractivity contribution in [2.75, 3.05) is 11.1 Å². The van der Waals surface area contributed by atoms with Crippen molar-refractivity contribution >= 4 is 23.5 Å². The first-order valence-electron chi connectivity index (χ1n) is 7.78. The number of hydrogen-bond acceptors (Lipinski definition) is 5. The molecule has 0 saturated carbocycles. The van der Waals surface area contributed by atoms with Gasteiger partial charge in [0.25, 0.3) is 5.91 Å². The van der Waals surface area contributed by atoms with E-state index >= 15 is 0 Å². The number of nitrogens with one attached hydrogen (secondary N) is 1. The number of benzene rings is 1. The molecule has 1 amide bonds. The van der Waals surface area contributed by atoms with Crippen molar-refractivity contribution in [3.8, 4) is 11.8 Å². The number of carbonyl (C=O) groups is 1. The molecule has 6 nitrogen and oxygen atoms in total. The first-order valence-corrected chi connectivity index (χ1v) is 8.76. The van der Waals surface area contributed by atoms with Gasteiger partial charge < -0.3 is 14.6 Å². The summed E-state index contributed by atoms with van der Waals surface area (Å²) in [6.45, 7) is 4.82. The van der Waals surface area contributed by atoms with Crippen molar-refractivity contribution in [1.29, 1.82) is 5.26 Å². The zero-order valence-corrected chi connectivity index (χ0v) is 14.2. The Morgan fingerprint density at radius 3 is 3.04 bits per heavy atom. The maximum Gasteiger partial charge on any atom is 0.267 e. The van der Waals surface area contributed by atoms with Crippen LogP contribution in [0.15, 0.2) is 17.3 Å². The minimum atomic E-state index is -0.586. The highest BCUT2D eigenvalue weighted by Crippen LogP contribution is 2.33. The second-order valence-corrected chi connectivity index (χ2v) is 7.11. The Morgan fingerprint density at radius 1 is 1.46 bits per heavy atom. The molecule has 2 aliphatic heterocycles. The number of thioether (sulfide) groups is 1. The summed E-state index contributed by atoms with van der Waals surface area (Å²) in [5, 5.41) is 12.9. The van der Waals surface area contributed by atoms with Gasteiger partial charge in [-0.25, -0.2) is 4.98 Å². The molecule has 1 unspecified atom stereocenters. The summed E-state index contributed by atoms with van der Waals surface area (Å²) in [4.78, 5) is 16.9. The van der Waals surface area contributed by atoms with Crippen molar-refractivity contribution in [3.63, 3.8) is 0 Å². The van der Waals surface area contributed by atoms with Crippen molar-refractivity contribution in [1.82, 2.24) is 9.55 Å². The van der Waals surface area contributed by atoms with Gasteiger partial charge in [-0.15, -0.1) is 0 Å². The highest BCUT2D eigenvalue weighted by molar-refractivity contribution is 7.99. The number of hydrogen-bond donors (Lipinski definition) is 1. The fraction of sp³-hybridized carbons (Fsp3) is 0.353. The molecule has 1 aromatic heterocycles. The molecule has 122 valence electrons. The van der Waals surface area contributed by atoms with Crippen LogP contribution in [-0.2, 0) is 17.8 Å². The molecule has 1 atom stereocenters. The summed E-state index contributed by atoms with van der Waals surface area (Å²) in [6.07, 6.45) is -0.0520. The lowest BCUT2D eigenvalue weighted by atomic mass is 10.0. The maximum absolute atomic E-state index is 12.5. The van der Waals surface area contributed by atoms with Crippen LogP contribution in [0, 0.1) is 25.2 Å². The smallest absolute Gasteiger partial charge is 0.267 e. The molecule has 0 spiro atoms. The van der Waals surface area contributed by atoms with Crippen molar-refractivity contribution < 1.29 is 9.53 Å². The third kappa shape index (κ3) is 2.34. The third-order valence-corrected chi connectivity index (χ3v) is 5.43. The first-order chi connectivity index (χ1) is 11.6. The van der Waals surface area contributed by atoms with Crippen LogP contribution in [0.5, 0.6) is 5.75 Å². The van der Waals surface area contributed by atoms with E-state index in [9.17, 15) is 10.1 Å². The number of nitriles is 1. The van der Waals surface area contributed by atoms with E-state index in [0.29, 0.717) is 17.9 Å². The molecular formula is C17H16N4O2S. The van der Waals surface area contributed by atoms with Crippen LogP contribution in [0.25, 0.3) is 0 Å². The van der Waals surface area contributed by atoms with Crippen LogP contribution < -0.4 is 10.1 Å². The fourth-order valence-electron chi connectivity index (χ4n) is 3.04. The van der Waals surface area contributed by atoms with E-state index < -0.39 is 6.10 Å². The zero-order chi connectivity index (χ0) is 16.8. The van der Waals surface area contributed by atoms with Gasteiger partial charge in [0.05, 0.1) is 0 Å². The van der Waals surface area contributed by atoms with Crippen LogP contribution in [0.1, 0.15) is 22.4 Å². The second-order valence-electron chi connectivity index (χ2n) is 6.05. The lowest BCUT2D eigenvalue weighted by molar-refractivity contribution is -0.122. The number of amides is 1. The van der Waals surface area contributed by atoms with Crippen LogP contribution >= 0.6 is 11.8 Å². The standard InChI is InChI=1S/C17H16N4O2S/c1-9-5-11-7-14(23-13(11)6-10(9)2)16(22)19-15-12(8-18)21-3-4-24-17(21)20-15/h5-6,14H,3-4,7H2,1-2H3,(H,19,22). The minimum absolute atomic E-state index is 0.264. The van der Waals surface area contributed by atoms with E-state index in [4.69, 9.17) is 4.74 Å². The van der Waals surface area contributed by atoms with Gasteiger partial charge in [0, 0.05) is 18.7 Å². The van der Waals surface area contributed by atoms with E-state index in [-0.39, 0.29) is 5.91 Å². The van der Waals surface area contributed by atoms with E-state index in [1.807, 2.05) is 24.5 Å². The average molecular weight is 340 g/mol. The molecule has 7 heteroatoms. The summed E-state index contributed by atoms with van der Waals surface area (Å²) in [7, 11) is 0. The molecule has 0 fully saturated rings. The molecule has 2 aromatic rings. The molecule has 0 radical (unpaired) electrons. The Bertz CT molecular complexity index is 866. The number of aromatic nitrogens is 2. The number of imidazole rings is 1. The number of carbonyl (C=O) groups excluding carboxylic acids is 1. The largest absolute Gasteiger partial charge is 0.480 e. The summed E-state index contributed by atoms with van der Waals surface area (Å²) >= 11 is 1.59. The van der Waals surface area contributed by atoms with Crippen LogP contribution in [0.4, 0.5) is 5.82 Å². The first kappa shape index (κ1) is 15.1. The quantitative estimate of drug-likeness (QED) is 0.908. The fourth-order valence-corrected chi connectivity index (χ4v) is 3.99. The predicted octanol–water partition coefficient (Wildman–Crippen LogP) is 2.42. The number of aryl methyl sites for hydroxylation is 2. The second kappa shape index (κ2) is 5.56. The normalized spacial score (nSPS) is 17.8. The highest BCUT2D eigenvalue weighted by atomic mass is 32.2. The van der Waals surface area contributed by atoms with Gasteiger partial charge in [-0.1, -0.05) is 17.8 Å². The topological polar surface area (TPSA) is 79.9 Å². The van der Waals surface area contributed by atoms with E-state index in [1.165, 1.54) is 5.56 Å². The molecule has 1 N–H and O–H groups in total. The molecule has 0 aliphatic carbocycles. The molecule has 0 bridgehead atoms.